The Bertz CT molecular complexity index is 1110. The highest BCUT2D eigenvalue weighted by molar-refractivity contribution is 9.10. The van der Waals surface area contributed by atoms with E-state index in [4.69, 9.17) is 30.5 Å². The average Bonchev–Trinajstić information content (AvgIpc) is 3.27. The summed E-state index contributed by atoms with van der Waals surface area (Å²) >= 11 is 10.6. The summed E-state index contributed by atoms with van der Waals surface area (Å²) in [6.45, 7) is 2.47. The van der Waals surface area contributed by atoms with Crippen LogP contribution < -0.4 is 18.9 Å². The van der Waals surface area contributed by atoms with Gasteiger partial charge in [0, 0.05) is 11.1 Å². The fourth-order valence-corrected chi connectivity index (χ4v) is 4.84. The van der Waals surface area contributed by atoms with Crippen LogP contribution in [0, 0.1) is 0 Å². The van der Waals surface area contributed by atoms with Crippen LogP contribution in [0.1, 0.15) is 18.1 Å². The second-order valence-corrected chi connectivity index (χ2v) is 8.79. The van der Waals surface area contributed by atoms with Crippen molar-refractivity contribution in [3.63, 3.8) is 0 Å². The second-order valence-electron chi connectivity index (χ2n) is 6.53. The molecule has 31 heavy (non-hydrogen) atoms. The Morgan fingerprint density at radius 1 is 1.23 bits per heavy atom. The van der Waals surface area contributed by atoms with Gasteiger partial charge in [-0.1, -0.05) is 11.6 Å². The number of ether oxygens (including phenoxy) is 4. The fraction of sp³-hybridized carbons (Fsp3) is 0.238. The standard InChI is InChI=1S/C21H17BrClNO6S/c1-3-28-17-5-11(4-13(22)19(17)27-2)6-18-20(25)24(21(26)31-18)9-12-7-15-16(8-14(12)23)30-10-29-15/h4-8H,3,9-10H2,1-2H3/b18-6-. The molecule has 2 amide bonds. The van der Waals surface area contributed by atoms with Gasteiger partial charge in [0.05, 0.1) is 29.6 Å². The van der Waals surface area contributed by atoms with Crippen molar-refractivity contribution in [2.75, 3.05) is 20.5 Å². The molecule has 0 N–H and O–H groups in total. The summed E-state index contributed by atoms with van der Waals surface area (Å²) in [6, 6.07) is 6.87. The third-order valence-corrected chi connectivity index (χ3v) is 6.43. The van der Waals surface area contributed by atoms with Gasteiger partial charge in [0.2, 0.25) is 6.79 Å². The number of benzene rings is 2. The smallest absolute Gasteiger partial charge is 0.293 e. The van der Waals surface area contributed by atoms with Crippen LogP contribution in [0.15, 0.2) is 33.6 Å². The molecule has 7 nitrogen and oxygen atoms in total. The van der Waals surface area contributed by atoms with Gasteiger partial charge in [-0.25, -0.2) is 0 Å². The van der Waals surface area contributed by atoms with Gasteiger partial charge in [0.25, 0.3) is 11.1 Å². The largest absolute Gasteiger partial charge is 0.492 e. The molecule has 2 aliphatic heterocycles. The quantitative estimate of drug-likeness (QED) is 0.462. The summed E-state index contributed by atoms with van der Waals surface area (Å²) in [5, 5.41) is 0.0234. The summed E-state index contributed by atoms with van der Waals surface area (Å²) in [6.07, 6.45) is 1.65. The predicted molar refractivity (Wildman–Crippen MR) is 121 cm³/mol. The van der Waals surface area contributed by atoms with Crippen LogP contribution in [0.2, 0.25) is 5.02 Å². The molecular weight excluding hydrogens is 510 g/mol. The van der Waals surface area contributed by atoms with Crippen LogP contribution in [-0.2, 0) is 11.3 Å². The van der Waals surface area contributed by atoms with Crippen molar-refractivity contribution in [2.24, 2.45) is 0 Å². The highest BCUT2D eigenvalue weighted by atomic mass is 79.9. The number of imide groups is 1. The number of halogens is 2. The Balaban J connectivity index is 1.59. The van der Waals surface area contributed by atoms with E-state index in [0.29, 0.717) is 55.1 Å². The molecule has 0 radical (unpaired) electrons. The summed E-state index contributed by atoms with van der Waals surface area (Å²) in [5.41, 5.74) is 1.29. The molecule has 0 aliphatic carbocycles. The molecule has 2 aliphatic rings. The Morgan fingerprint density at radius 2 is 1.97 bits per heavy atom. The highest BCUT2D eigenvalue weighted by Crippen LogP contribution is 2.41. The summed E-state index contributed by atoms with van der Waals surface area (Å²) in [7, 11) is 1.55. The monoisotopic (exact) mass is 525 g/mol. The van der Waals surface area contributed by atoms with E-state index in [9.17, 15) is 9.59 Å². The minimum Gasteiger partial charge on any atom is -0.492 e. The van der Waals surface area contributed by atoms with Crippen LogP contribution in [0.25, 0.3) is 6.08 Å². The van der Waals surface area contributed by atoms with Crippen molar-refractivity contribution in [3.05, 3.63) is 49.8 Å². The number of amides is 2. The third kappa shape index (κ3) is 4.35. The first-order chi connectivity index (χ1) is 14.9. The minimum absolute atomic E-state index is 0.0357. The average molecular weight is 527 g/mol. The minimum atomic E-state index is -0.395. The Hall–Kier alpha value is -2.36. The topological polar surface area (TPSA) is 74.3 Å². The maximum Gasteiger partial charge on any atom is 0.293 e. The lowest BCUT2D eigenvalue weighted by molar-refractivity contribution is -0.123. The molecule has 0 aromatic heterocycles. The first kappa shape index (κ1) is 21.9. The Labute approximate surface area is 196 Å². The zero-order valence-electron chi connectivity index (χ0n) is 16.6. The van der Waals surface area contributed by atoms with Crippen molar-refractivity contribution in [1.29, 1.82) is 0 Å². The van der Waals surface area contributed by atoms with E-state index in [1.165, 1.54) is 0 Å². The molecule has 162 valence electrons. The summed E-state index contributed by atoms with van der Waals surface area (Å²) in [4.78, 5) is 26.9. The van der Waals surface area contributed by atoms with Gasteiger partial charge in [-0.3, -0.25) is 14.5 Å². The maximum atomic E-state index is 12.9. The first-order valence-electron chi connectivity index (χ1n) is 9.25. The first-order valence-corrected chi connectivity index (χ1v) is 11.2. The van der Waals surface area contributed by atoms with Gasteiger partial charge in [0.15, 0.2) is 23.0 Å². The van der Waals surface area contributed by atoms with E-state index in [0.717, 1.165) is 16.7 Å². The number of hydrogen-bond donors (Lipinski definition) is 0. The SMILES string of the molecule is CCOc1cc(/C=C2\SC(=O)N(Cc3cc4c(cc3Cl)OCO4)C2=O)cc(Br)c1OC. The van der Waals surface area contributed by atoms with Crippen LogP contribution >= 0.6 is 39.3 Å². The number of thioether (sulfide) groups is 1. The van der Waals surface area contributed by atoms with Crippen molar-refractivity contribution in [3.8, 4) is 23.0 Å². The number of carbonyl (C=O) groups excluding carboxylic acids is 2. The zero-order chi connectivity index (χ0) is 22.1. The van der Waals surface area contributed by atoms with Crippen LogP contribution in [0.3, 0.4) is 0 Å². The zero-order valence-corrected chi connectivity index (χ0v) is 19.7. The highest BCUT2D eigenvalue weighted by Gasteiger charge is 2.36. The van der Waals surface area contributed by atoms with Crippen molar-refractivity contribution in [1.82, 2.24) is 4.90 Å². The number of hydrogen-bond acceptors (Lipinski definition) is 7. The number of rotatable bonds is 6. The van der Waals surface area contributed by atoms with E-state index in [1.54, 1.807) is 37.5 Å². The van der Waals surface area contributed by atoms with Gasteiger partial charge < -0.3 is 18.9 Å². The van der Waals surface area contributed by atoms with Crippen molar-refractivity contribution < 1.29 is 28.5 Å². The lowest BCUT2D eigenvalue weighted by Crippen LogP contribution is -2.27. The van der Waals surface area contributed by atoms with Gasteiger partial charge in [-0.2, -0.15) is 0 Å². The molecule has 10 heteroatoms. The van der Waals surface area contributed by atoms with Crippen LogP contribution in [-0.4, -0.2) is 36.6 Å². The van der Waals surface area contributed by atoms with Crippen LogP contribution in [0.5, 0.6) is 23.0 Å². The van der Waals surface area contributed by atoms with Crippen molar-refractivity contribution in [2.45, 2.75) is 13.5 Å². The molecule has 0 bridgehead atoms. The number of methoxy groups -OCH3 is 1. The Morgan fingerprint density at radius 3 is 2.68 bits per heavy atom. The third-order valence-electron chi connectivity index (χ3n) is 4.58. The second kappa shape index (κ2) is 9.02. The van der Waals surface area contributed by atoms with Gasteiger partial charge in [-0.15, -0.1) is 0 Å². The van der Waals surface area contributed by atoms with Gasteiger partial charge in [-0.05, 0) is 70.0 Å². The van der Waals surface area contributed by atoms with E-state index >= 15 is 0 Å². The number of nitrogens with zero attached hydrogens (tertiary/aromatic N) is 1. The van der Waals surface area contributed by atoms with E-state index in [2.05, 4.69) is 15.9 Å². The molecule has 2 aromatic rings. The van der Waals surface area contributed by atoms with E-state index in [-0.39, 0.29) is 18.6 Å². The lowest BCUT2D eigenvalue weighted by atomic mass is 10.1. The molecular formula is C21H17BrClNO6S. The van der Waals surface area contributed by atoms with Crippen molar-refractivity contribution >= 4 is 56.5 Å². The maximum absolute atomic E-state index is 12.9. The normalized spacial score (nSPS) is 16.4. The lowest BCUT2D eigenvalue weighted by Gasteiger charge is -2.14. The molecule has 0 saturated carbocycles. The molecule has 1 saturated heterocycles. The molecule has 0 atom stereocenters. The van der Waals surface area contributed by atoms with Gasteiger partial charge >= 0.3 is 0 Å². The van der Waals surface area contributed by atoms with E-state index < -0.39 is 5.91 Å². The van der Waals surface area contributed by atoms with Gasteiger partial charge in [0.1, 0.15) is 0 Å². The molecule has 0 unspecified atom stereocenters. The summed E-state index contributed by atoms with van der Waals surface area (Å²) < 4.78 is 22.3. The number of carbonyl (C=O) groups is 2. The molecule has 2 aromatic carbocycles. The fourth-order valence-electron chi connectivity index (χ4n) is 3.17. The van der Waals surface area contributed by atoms with Crippen LogP contribution in [0.4, 0.5) is 4.79 Å². The molecule has 0 spiro atoms. The van der Waals surface area contributed by atoms with E-state index in [1.807, 2.05) is 6.92 Å². The molecule has 4 rings (SSSR count). The summed E-state index contributed by atoms with van der Waals surface area (Å²) in [5.74, 6) is 1.78. The molecule has 2 heterocycles. The Kier molecular flexibility index (Phi) is 6.36. The number of fused-ring (bicyclic) bond motifs is 1. The predicted octanol–water partition coefficient (Wildman–Crippen LogP) is 5.48. The molecule has 1 fully saturated rings.